The maximum Gasteiger partial charge on any atom is 0.243 e. The van der Waals surface area contributed by atoms with Crippen molar-refractivity contribution in [2.45, 2.75) is 32.6 Å². The first-order valence-corrected chi connectivity index (χ1v) is 10.9. The topological polar surface area (TPSA) is 84.9 Å². The molecular formula is C21H28N2O5S. The molecule has 2 rings (SSSR count). The van der Waals surface area contributed by atoms with Crippen LogP contribution in [-0.4, -0.2) is 45.4 Å². The van der Waals surface area contributed by atoms with Gasteiger partial charge >= 0.3 is 0 Å². The first-order valence-electron chi connectivity index (χ1n) is 9.42. The highest BCUT2D eigenvalue weighted by atomic mass is 32.2. The van der Waals surface area contributed by atoms with Crippen LogP contribution < -0.4 is 14.8 Å². The summed E-state index contributed by atoms with van der Waals surface area (Å²) < 4.78 is 37.8. The molecule has 8 heteroatoms. The van der Waals surface area contributed by atoms with Crippen LogP contribution in [-0.2, 0) is 14.8 Å². The Bertz CT molecular complexity index is 973. The summed E-state index contributed by atoms with van der Waals surface area (Å²) in [5, 5.41) is 2.71. The van der Waals surface area contributed by atoms with Crippen LogP contribution in [0.1, 0.15) is 25.0 Å². The molecule has 0 spiro atoms. The van der Waals surface area contributed by atoms with Gasteiger partial charge in [-0.05, 0) is 57.0 Å². The lowest BCUT2D eigenvalue weighted by molar-refractivity contribution is -0.116. The van der Waals surface area contributed by atoms with Gasteiger partial charge in [0.2, 0.25) is 15.9 Å². The van der Waals surface area contributed by atoms with Crippen LogP contribution in [0.5, 0.6) is 11.5 Å². The number of likely N-dealkylation sites (N-methyl/N-ethyl adjacent to an activating group) is 1. The number of hydrogen-bond acceptors (Lipinski definition) is 5. The van der Waals surface area contributed by atoms with Gasteiger partial charge < -0.3 is 14.8 Å². The van der Waals surface area contributed by atoms with E-state index in [1.807, 2.05) is 26.8 Å². The third-order valence-electron chi connectivity index (χ3n) is 4.23. The zero-order chi connectivity index (χ0) is 21.6. The Kier molecular flexibility index (Phi) is 7.64. The summed E-state index contributed by atoms with van der Waals surface area (Å²) in [7, 11) is -2.39. The summed E-state index contributed by atoms with van der Waals surface area (Å²) in [5.74, 6) is 0.651. The van der Waals surface area contributed by atoms with Crippen molar-refractivity contribution in [2.24, 2.45) is 0 Å². The maximum absolute atomic E-state index is 12.9. The lowest BCUT2D eigenvalue weighted by Crippen LogP contribution is -2.35. The molecular weight excluding hydrogens is 392 g/mol. The van der Waals surface area contributed by atoms with E-state index in [0.717, 1.165) is 9.87 Å². The maximum atomic E-state index is 12.9. The molecule has 0 saturated carbocycles. The van der Waals surface area contributed by atoms with Gasteiger partial charge in [-0.25, -0.2) is 8.42 Å². The van der Waals surface area contributed by atoms with Gasteiger partial charge in [-0.2, -0.15) is 4.31 Å². The molecule has 0 aliphatic rings. The standard InChI is InChI=1S/C21H28N2O5S/c1-6-27-18-11-10-17(13-19(18)28-7-2)22-21(24)14-23(5)29(25,26)20-12-15(3)8-9-16(20)4/h8-13H,6-7,14H2,1-5H3,(H,22,24). The van der Waals surface area contributed by atoms with Crippen molar-refractivity contribution in [1.82, 2.24) is 4.31 Å². The minimum absolute atomic E-state index is 0.201. The summed E-state index contributed by atoms with van der Waals surface area (Å²) in [6, 6.07) is 10.3. The van der Waals surface area contributed by atoms with E-state index in [1.54, 1.807) is 37.3 Å². The lowest BCUT2D eigenvalue weighted by Gasteiger charge is -2.19. The second-order valence-electron chi connectivity index (χ2n) is 6.61. The molecule has 7 nitrogen and oxygen atoms in total. The molecule has 29 heavy (non-hydrogen) atoms. The van der Waals surface area contributed by atoms with Gasteiger partial charge in [-0.15, -0.1) is 0 Å². The van der Waals surface area contributed by atoms with Crippen molar-refractivity contribution in [3.63, 3.8) is 0 Å². The Morgan fingerprint density at radius 1 is 1.00 bits per heavy atom. The lowest BCUT2D eigenvalue weighted by atomic mass is 10.2. The van der Waals surface area contributed by atoms with Crippen molar-refractivity contribution in [3.8, 4) is 11.5 Å². The van der Waals surface area contributed by atoms with E-state index in [4.69, 9.17) is 9.47 Å². The van der Waals surface area contributed by atoms with E-state index in [2.05, 4.69) is 5.32 Å². The van der Waals surface area contributed by atoms with Crippen LogP contribution >= 0.6 is 0 Å². The Balaban J connectivity index is 2.14. The fourth-order valence-electron chi connectivity index (χ4n) is 2.77. The van der Waals surface area contributed by atoms with Gasteiger partial charge in [0.05, 0.1) is 24.7 Å². The Morgan fingerprint density at radius 3 is 2.31 bits per heavy atom. The number of nitrogens with zero attached hydrogens (tertiary/aromatic N) is 1. The molecule has 0 saturated heterocycles. The second-order valence-corrected chi connectivity index (χ2v) is 8.62. The first kappa shape index (κ1) is 22.7. The number of carbonyl (C=O) groups is 1. The van der Waals surface area contributed by atoms with Crippen molar-refractivity contribution >= 4 is 21.6 Å². The molecule has 1 N–H and O–H groups in total. The minimum Gasteiger partial charge on any atom is -0.490 e. The van der Waals surface area contributed by atoms with Crippen LogP contribution in [0.3, 0.4) is 0 Å². The highest BCUT2D eigenvalue weighted by Crippen LogP contribution is 2.30. The Hall–Kier alpha value is -2.58. The fraction of sp³-hybridized carbons (Fsp3) is 0.381. The molecule has 0 heterocycles. The van der Waals surface area contributed by atoms with Crippen LogP contribution in [0.25, 0.3) is 0 Å². The van der Waals surface area contributed by atoms with Crippen LogP contribution in [0.15, 0.2) is 41.3 Å². The normalized spacial score (nSPS) is 11.4. The van der Waals surface area contributed by atoms with Crippen molar-refractivity contribution in [1.29, 1.82) is 0 Å². The van der Waals surface area contributed by atoms with E-state index >= 15 is 0 Å². The molecule has 1 amide bonds. The number of benzene rings is 2. The quantitative estimate of drug-likeness (QED) is 0.672. The number of sulfonamides is 1. The van der Waals surface area contributed by atoms with E-state index in [0.29, 0.717) is 36.0 Å². The number of ether oxygens (including phenoxy) is 2. The molecule has 0 bridgehead atoms. The van der Waals surface area contributed by atoms with Crippen LogP contribution in [0.2, 0.25) is 0 Å². The zero-order valence-corrected chi connectivity index (χ0v) is 18.3. The van der Waals surface area contributed by atoms with Crippen LogP contribution in [0, 0.1) is 13.8 Å². The summed E-state index contributed by atoms with van der Waals surface area (Å²) in [6.07, 6.45) is 0. The van der Waals surface area contributed by atoms with Gasteiger partial charge in [-0.3, -0.25) is 4.79 Å². The van der Waals surface area contributed by atoms with Gasteiger partial charge in [0.25, 0.3) is 0 Å². The number of anilines is 1. The highest BCUT2D eigenvalue weighted by molar-refractivity contribution is 7.89. The van der Waals surface area contributed by atoms with E-state index < -0.39 is 15.9 Å². The van der Waals surface area contributed by atoms with E-state index in [9.17, 15) is 13.2 Å². The predicted molar refractivity (Wildman–Crippen MR) is 113 cm³/mol. The van der Waals surface area contributed by atoms with Crippen molar-refractivity contribution < 1.29 is 22.7 Å². The average Bonchev–Trinajstić information content (AvgIpc) is 2.66. The second kappa shape index (κ2) is 9.76. The average molecular weight is 421 g/mol. The van der Waals surface area contributed by atoms with Gasteiger partial charge in [0, 0.05) is 18.8 Å². The largest absolute Gasteiger partial charge is 0.490 e. The van der Waals surface area contributed by atoms with Crippen molar-refractivity contribution in [3.05, 3.63) is 47.5 Å². The zero-order valence-electron chi connectivity index (χ0n) is 17.5. The number of nitrogens with one attached hydrogen (secondary N) is 1. The molecule has 0 aliphatic carbocycles. The molecule has 0 radical (unpaired) electrons. The molecule has 0 aliphatic heterocycles. The smallest absolute Gasteiger partial charge is 0.243 e. The molecule has 0 unspecified atom stereocenters. The highest BCUT2D eigenvalue weighted by Gasteiger charge is 2.25. The summed E-state index contributed by atoms with van der Waals surface area (Å²) in [6.45, 7) is 7.92. The SMILES string of the molecule is CCOc1ccc(NC(=O)CN(C)S(=O)(=O)c2cc(C)ccc2C)cc1OCC. The number of amides is 1. The minimum atomic E-state index is -3.78. The van der Waals surface area contributed by atoms with Crippen molar-refractivity contribution in [2.75, 3.05) is 32.1 Å². The summed E-state index contributed by atoms with van der Waals surface area (Å²) >= 11 is 0. The summed E-state index contributed by atoms with van der Waals surface area (Å²) in [5.41, 5.74) is 1.97. The number of rotatable bonds is 9. The van der Waals surface area contributed by atoms with Gasteiger partial charge in [0.15, 0.2) is 11.5 Å². The third kappa shape index (κ3) is 5.71. The number of hydrogen-bond donors (Lipinski definition) is 1. The van der Waals surface area contributed by atoms with Gasteiger partial charge in [-0.1, -0.05) is 12.1 Å². The van der Waals surface area contributed by atoms with E-state index in [1.165, 1.54) is 7.05 Å². The van der Waals surface area contributed by atoms with Crippen LogP contribution in [0.4, 0.5) is 5.69 Å². The Morgan fingerprint density at radius 2 is 1.66 bits per heavy atom. The Labute approximate surface area is 172 Å². The molecule has 2 aromatic carbocycles. The number of carbonyl (C=O) groups excluding carboxylic acids is 1. The molecule has 2 aromatic rings. The fourth-order valence-corrected chi connectivity index (χ4v) is 4.20. The molecule has 0 atom stereocenters. The third-order valence-corrected chi connectivity index (χ3v) is 6.17. The van der Waals surface area contributed by atoms with Gasteiger partial charge in [0.1, 0.15) is 0 Å². The monoisotopic (exact) mass is 420 g/mol. The predicted octanol–water partition coefficient (Wildman–Crippen LogP) is 3.36. The molecule has 0 fully saturated rings. The van der Waals surface area contributed by atoms with E-state index in [-0.39, 0.29) is 11.4 Å². The molecule has 0 aromatic heterocycles. The molecule has 158 valence electrons. The number of aryl methyl sites for hydroxylation is 2. The first-order chi connectivity index (χ1) is 13.7. The summed E-state index contributed by atoms with van der Waals surface area (Å²) in [4.78, 5) is 12.6.